The summed E-state index contributed by atoms with van der Waals surface area (Å²) in [4.78, 5) is 0. The quantitative estimate of drug-likeness (QED) is 0.786. The molecular formula is C13H18FN. The first-order valence-corrected chi connectivity index (χ1v) is 5.64. The minimum absolute atomic E-state index is 0.126. The second-order valence-electron chi connectivity index (χ2n) is 4.50. The molecule has 2 heteroatoms. The summed E-state index contributed by atoms with van der Waals surface area (Å²) in [5.74, 6) is 0.488. The summed E-state index contributed by atoms with van der Waals surface area (Å²) in [6.45, 7) is 2.01. The fraction of sp³-hybridized carbons (Fsp3) is 0.538. The van der Waals surface area contributed by atoms with Crippen molar-refractivity contribution < 1.29 is 4.39 Å². The Balaban J connectivity index is 2.17. The molecule has 0 amide bonds. The molecule has 1 aliphatic carbocycles. The van der Waals surface area contributed by atoms with Gasteiger partial charge >= 0.3 is 0 Å². The van der Waals surface area contributed by atoms with Gasteiger partial charge in [-0.05, 0) is 62.4 Å². The highest BCUT2D eigenvalue weighted by Gasteiger charge is 2.25. The molecule has 2 unspecified atom stereocenters. The highest BCUT2D eigenvalue weighted by molar-refractivity contribution is 5.30. The molecule has 1 aliphatic rings. The molecule has 0 aromatic heterocycles. The highest BCUT2D eigenvalue weighted by atomic mass is 19.1. The van der Waals surface area contributed by atoms with Crippen molar-refractivity contribution in [1.29, 1.82) is 0 Å². The smallest absolute Gasteiger partial charge is 0.123 e. The van der Waals surface area contributed by atoms with Gasteiger partial charge in [-0.1, -0.05) is 6.07 Å². The standard InChI is InChI=1S/C13H18FN/c1-9-7-11(14)4-6-13(9)10-3-5-12(8-10)15-2/h4,6-7,10,12,15H,3,5,8H2,1-2H3. The van der Waals surface area contributed by atoms with Gasteiger partial charge in [0.2, 0.25) is 0 Å². The Hall–Kier alpha value is -0.890. The van der Waals surface area contributed by atoms with Crippen LogP contribution in [0.3, 0.4) is 0 Å². The van der Waals surface area contributed by atoms with Gasteiger partial charge in [-0.2, -0.15) is 0 Å². The number of nitrogens with one attached hydrogen (secondary N) is 1. The second kappa shape index (κ2) is 4.31. The molecular weight excluding hydrogens is 189 g/mol. The first kappa shape index (κ1) is 10.6. The maximum atomic E-state index is 13.0. The monoisotopic (exact) mass is 207 g/mol. The van der Waals surface area contributed by atoms with E-state index in [0.717, 1.165) is 5.56 Å². The molecule has 0 heterocycles. The van der Waals surface area contributed by atoms with Gasteiger partial charge in [0.15, 0.2) is 0 Å². The summed E-state index contributed by atoms with van der Waals surface area (Å²) in [5, 5.41) is 3.32. The largest absolute Gasteiger partial charge is 0.317 e. The van der Waals surface area contributed by atoms with Gasteiger partial charge in [0.25, 0.3) is 0 Å². The van der Waals surface area contributed by atoms with Gasteiger partial charge in [-0.15, -0.1) is 0 Å². The van der Waals surface area contributed by atoms with Gasteiger partial charge in [0.1, 0.15) is 5.82 Å². The van der Waals surface area contributed by atoms with Crippen molar-refractivity contribution in [3.8, 4) is 0 Å². The zero-order valence-corrected chi connectivity index (χ0v) is 9.39. The van der Waals surface area contributed by atoms with E-state index in [-0.39, 0.29) is 5.82 Å². The summed E-state index contributed by atoms with van der Waals surface area (Å²) in [5.41, 5.74) is 2.42. The SMILES string of the molecule is CNC1CCC(c2ccc(F)cc2C)C1. The number of aryl methyl sites for hydroxylation is 1. The molecule has 0 radical (unpaired) electrons. The van der Waals surface area contributed by atoms with Gasteiger partial charge in [-0.25, -0.2) is 4.39 Å². The van der Waals surface area contributed by atoms with E-state index in [2.05, 4.69) is 5.32 Å². The van der Waals surface area contributed by atoms with Crippen LogP contribution >= 0.6 is 0 Å². The predicted molar refractivity (Wildman–Crippen MR) is 60.6 cm³/mol. The van der Waals surface area contributed by atoms with Gasteiger partial charge < -0.3 is 5.32 Å². The molecule has 0 saturated heterocycles. The van der Waals surface area contributed by atoms with Crippen LogP contribution in [0.5, 0.6) is 0 Å². The Labute approximate surface area is 90.7 Å². The molecule has 2 rings (SSSR count). The Morgan fingerprint density at radius 2 is 2.13 bits per heavy atom. The lowest BCUT2D eigenvalue weighted by Gasteiger charge is -2.14. The predicted octanol–water partition coefficient (Wildman–Crippen LogP) is 2.99. The van der Waals surface area contributed by atoms with E-state index in [4.69, 9.17) is 0 Å². The van der Waals surface area contributed by atoms with E-state index in [9.17, 15) is 4.39 Å². The van der Waals surface area contributed by atoms with E-state index in [1.807, 2.05) is 20.0 Å². The Bertz CT molecular complexity index is 348. The van der Waals surface area contributed by atoms with E-state index < -0.39 is 0 Å². The van der Waals surface area contributed by atoms with Crippen LogP contribution < -0.4 is 5.32 Å². The highest BCUT2D eigenvalue weighted by Crippen LogP contribution is 2.35. The first-order chi connectivity index (χ1) is 7.20. The molecule has 1 fully saturated rings. The lowest BCUT2D eigenvalue weighted by Crippen LogP contribution is -2.21. The van der Waals surface area contributed by atoms with Crippen molar-refractivity contribution >= 4 is 0 Å². The van der Waals surface area contributed by atoms with Crippen molar-refractivity contribution in [3.63, 3.8) is 0 Å². The Kier molecular flexibility index (Phi) is 3.06. The maximum Gasteiger partial charge on any atom is 0.123 e. The Morgan fingerprint density at radius 1 is 1.33 bits per heavy atom. The normalized spacial score (nSPS) is 25.8. The summed E-state index contributed by atoms with van der Waals surface area (Å²) < 4.78 is 13.0. The van der Waals surface area contributed by atoms with Crippen LogP contribution in [-0.4, -0.2) is 13.1 Å². The van der Waals surface area contributed by atoms with Crippen molar-refractivity contribution in [1.82, 2.24) is 5.32 Å². The number of benzene rings is 1. The molecule has 0 bridgehead atoms. The lowest BCUT2D eigenvalue weighted by molar-refractivity contribution is 0.570. The molecule has 82 valence electrons. The van der Waals surface area contributed by atoms with Crippen molar-refractivity contribution in [2.45, 2.75) is 38.1 Å². The second-order valence-corrected chi connectivity index (χ2v) is 4.50. The molecule has 15 heavy (non-hydrogen) atoms. The molecule has 1 nitrogen and oxygen atoms in total. The minimum Gasteiger partial charge on any atom is -0.317 e. The summed E-state index contributed by atoms with van der Waals surface area (Å²) >= 11 is 0. The molecule has 1 N–H and O–H groups in total. The summed E-state index contributed by atoms with van der Waals surface area (Å²) in [6.07, 6.45) is 3.64. The summed E-state index contributed by atoms with van der Waals surface area (Å²) in [7, 11) is 2.02. The number of hydrogen-bond acceptors (Lipinski definition) is 1. The molecule has 0 spiro atoms. The summed E-state index contributed by atoms with van der Waals surface area (Å²) in [6, 6.07) is 5.81. The van der Waals surface area contributed by atoms with Gasteiger partial charge in [0, 0.05) is 6.04 Å². The topological polar surface area (TPSA) is 12.0 Å². The molecule has 1 saturated carbocycles. The molecule has 1 aromatic carbocycles. The van der Waals surface area contributed by atoms with Crippen LogP contribution in [0.4, 0.5) is 4.39 Å². The van der Waals surface area contributed by atoms with Crippen molar-refractivity contribution in [2.24, 2.45) is 0 Å². The van der Waals surface area contributed by atoms with E-state index in [1.165, 1.54) is 24.8 Å². The number of hydrogen-bond donors (Lipinski definition) is 1. The minimum atomic E-state index is -0.126. The van der Waals surface area contributed by atoms with Gasteiger partial charge in [0.05, 0.1) is 0 Å². The van der Waals surface area contributed by atoms with Crippen LogP contribution in [0.25, 0.3) is 0 Å². The fourth-order valence-electron chi connectivity index (χ4n) is 2.62. The van der Waals surface area contributed by atoms with Crippen molar-refractivity contribution in [2.75, 3.05) is 7.05 Å². The van der Waals surface area contributed by atoms with E-state index in [0.29, 0.717) is 12.0 Å². The number of rotatable bonds is 2. The zero-order valence-electron chi connectivity index (χ0n) is 9.39. The fourth-order valence-corrected chi connectivity index (χ4v) is 2.62. The lowest BCUT2D eigenvalue weighted by atomic mass is 9.93. The number of halogens is 1. The maximum absolute atomic E-state index is 13.0. The third-order valence-corrected chi connectivity index (χ3v) is 3.51. The third kappa shape index (κ3) is 2.20. The van der Waals surface area contributed by atoms with Crippen LogP contribution in [0.1, 0.15) is 36.3 Å². The third-order valence-electron chi connectivity index (χ3n) is 3.51. The average molecular weight is 207 g/mol. The molecule has 2 atom stereocenters. The molecule has 1 aromatic rings. The van der Waals surface area contributed by atoms with Crippen LogP contribution in [0, 0.1) is 12.7 Å². The average Bonchev–Trinajstić information content (AvgIpc) is 2.66. The van der Waals surface area contributed by atoms with E-state index in [1.54, 1.807) is 12.1 Å². The molecule has 0 aliphatic heterocycles. The van der Waals surface area contributed by atoms with E-state index >= 15 is 0 Å². The van der Waals surface area contributed by atoms with Crippen LogP contribution in [0.15, 0.2) is 18.2 Å². The van der Waals surface area contributed by atoms with Crippen LogP contribution in [0.2, 0.25) is 0 Å². The van der Waals surface area contributed by atoms with Crippen molar-refractivity contribution in [3.05, 3.63) is 35.1 Å². The Morgan fingerprint density at radius 3 is 2.73 bits per heavy atom. The zero-order chi connectivity index (χ0) is 10.8. The van der Waals surface area contributed by atoms with Crippen LogP contribution in [-0.2, 0) is 0 Å². The first-order valence-electron chi connectivity index (χ1n) is 5.64. The van der Waals surface area contributed by atoms with Gasteiger partial charge in [-0.3, -0.25) is 0 Å².